The molecule has 1 aromatic carbocycles. The van der Waals surface area contributed by atoms with Gasteiger partial charge in [-0.1, -0.05) is 18.2 Å². The quantitative estimate of drug-likeness (QED) is 0.285. The summed E-state index contributed by atoms with van der Waals surface area (Å²) in [7, 11) is 1.62. The number of benzene rings is 1. The van der Waals surface area contributed by atoms with Crippen LogP contribution >= 0.6 is 27.3 Å². The van der Waals surface area contributed by atoms with E-state index in [1.54, 1.807) is 18.6 Å². The molecular weight excluding hydrogens is 600 g/mol. The minimum atomic E-state index is -0.481. The summed E-state index contributed by atoms with van der Waals surface area (Å²) in [5.74, 6) is 0.531. The third-order valence-corrected chi connectivity index (χ3v) is 10.1. The van der Waals surface area contributed by atoms with Gasteiger partial charge in [-0.25, -0.2) is 4.79 Å². The molecule has 0 spiro atoms. The van der Waals surface area contributed by atoms with Crippen LogP contribution in [-0.2, 0) is 25.5 Å². The number of hydrogen-bond acceptors (Lipinski definition) is 8. The van der Waals surface area contributed by atoms with E-state index in [-0.39, 0.29) is 41.8 Å². The number of hydrogen-bond donors (Lipinski definition) is 0. The Labute approximate surface area is 245 Å². The molecule has 0 N–H and O–H groups in total. The van der Waals surface area contributed by atoms with Crippen LogP contribution in [0.4, 0.5) is 0 Å². The highest BCUT2D eigenvalue weighted by Crippen LogP contribution is 2.40. The van der Waals surface area contributed by atoms with Crippen molar-refractivity contribution in [3.05, 3.63) is 60.0 Å². The number of nitrogens with zero attached hydrogens (tertiary/aromatic N) is 2. The van der Waals surface area contributed by atoms with Gasteiger partial charge >= 0.3 is 11.7 Å². The Kier molecular flexibility index (Phi) is 9.14. The van der Waals surface area contributed by atoms with Crippen molar-refractivity contribution < 1.29 is 23.7 Å². The van der Waals surface area contributed by atoms with Crippen molar-refractivity contribution in [2.24, 2.45) is 5.92 Å². The molecule has 40 heavy (non-hydrogen) atoms. The van der Waals surface area contributed by atoms with Crippen LogP contribution in [0.15, 0.2) is 37.6 Å². The number of halogens is 1. The Morgan fingerprint density at radius 3 is 2.62 bits per heavy atom. The van der Waals surface area contributed by atoms with E-state index in [2.05, 4.69) is 15.9 Å². The maximum Gasteiger partial charge on any atom is 0.332 e. The SMILES string of the molecule is CCOC(=O)CC1CC(n2c(=O)c3c(C)c(Br)sc3n(C[C@@H](OC3CCOCC3)c3ccccc3OC)c2=O)C1. The van der Waals surface area contributed by atoms with Crippen LogP contribution in [0.3, 0.4) is 0 Å². The number of para-hydroxylation sites is 1. The van der Waals surface area contributed by atoms with E-state index in [1.165, 1.54) is 15.9 Å². The number of rotatable bonds is 10. The molecule has 1 aliphatic carbocycles. The van der Waals surface area contributed by atoms with Crippen molar-refractivity contribution in [2.75, 3.05) is 26.9 Å². The number of thiophene rings is 1. The van der Waals surface area contributed by atoms with Crippen molar-refractivity contribution in [3.63, 3.8) is 0 Å². The number of esters is 1. The third kappa shape index (κ3) is 5.79. The summed E-state index contributed by atoms with van der Waals surface area (Å²) in [5, 5.41) is 0.537. The number of carbonyl (C=O) groups is 1. The first-order valence-electron chi connectivity index (χ1n) is 13.8. The lowest BCUT2D eigenvalue weighted by molar-refractivity contribution is -0.145. The van der Waals surface area contributed by atoms with Crippen LogP contribution in [0.2, 0.25) is 0 Å². The van der Waals surface area contributed by atoms with Crippen LogP contribution in [0.25, 0.3) is 10.2 Å². The van der Waals surface area contributed by atoms with Gasteiger partial charge in [0.1, 0.15) is 16.7 Å². The van der Waals surface area contributed by atoms with E-state index < -0.39 is 6.10 Å². The Balaban J connectivity index is 1.55. The van der Waals surface area contributed by atoms with Gasteiger partial charge in [-0.3, -0.25) is 18.7 Å². The summed E-state index contributed by atoms with van der Waals surface area (Å²) in [6.07, 6.45) is 2.49. The Morgan fingerprint density at radius 1 is 1.20 bits per heavy atom. The lowest BCUT2D eigenvalue weighted by Gasteiger charge is -2.36. The van der Waals surface area contributed by atoms with E-state index >= 15 is 0 Å². The minimum Gasteiger partial charge on any atom is -0.496 e. The van der Waals surface area contributed by atoms with Crippen molar-refractivity contribution in [1.82, 2.24) is 9.13 Å². The molecule has 1 atom stereocenters. The molecule has 2 aliphatic rings. The van der Waals surface area contributed by atoms with Gasteiger partial charge in [0, 0.05) is 31.2 Å². The fourth-order valence-electron chi connectivity index (χ4n) is 5.71. The molecule has 0 bridgehead atoms. The van der Waals surface area contributed by atoms with Crippen LogP contribution in [0.5, 0.6) is 5.75 Å². The molecule has 11 heteroatoms. The molecule has 216 valence electrons. The second-order valence-corrected chi connectivity index (χ2v) is 12.7. The highest BCUT2D eigenvalue weighted by Gasteiger charge is 2.36. The van der Waals surface area contributed by atoms with Gasteiger partial charge in [-0.15, -0.1) is 11.3 Å². The maximum atomic E-state index is 14.1. The van der Waals surface area contributed by atoms with E-state index in [1.807, 2.05) is 31.2 Å². The Hall–Kier alpha value is -2.47. The first-order valence-corrected chi connectivity index (χ1v) is 15.4. The topological polar surface area (TPSA) is 98.0 Å². The van der Waals surface area contributed by atoms with Gasteiger partial charge in [0.15, 0.2) is 0 Å². The van der Waals surface area contributed by atoms with E-state index in [9.17, 15) is 14.4 Å². The molecule has 2 aromatic heterocycles. The molecule has 3 aromatic rings. The zero-order valence-corrected chi connectivity index (χ0v) is 25.4. The van der Waals surface area contributed by atoms with Gasteiger partial charge in [-0.2, -0.15) is 0 Å². The molecule has 1 saturated heterocycles. The number of aryl methyl sites for hydroxylation is 1. The average Bonchev–Trinajstić information content (AvgIpc) is 3.23. The summed E-state index contributed by atoms with van der Waals surface area (Å²) in [5.41, 5.74) is 1.02. The second-order valence-electron chi connectivity index (χ2n) is 10.4. The van der Waals surface area contributed by atoms with E-state index in [4.69, 9.17) is 18.9 Å². The number of carbonyl (C=O) groups excluding carboxylic acids is 1. The van der Waals surface area contributed by atoms with Gasteiger partial charge in [0.2, 0.25) is 0 Å². The first kappa shape index (κ1) is 29.0. The molecule has 1 saturated carbocycles. The summed E-state index contributed by atoms with van der Waals surface area (Å²) >= 11 is 4.98. The molecule has 1 aliphatic heterocycles. The van der Waals surface area contributed by atoms with Gasteiger partial charge in [-0.05, 0) is 73.0 Å². The van der Waals surface area contributed by atoms with Gasteiger partial charge in [0.05, 0.1) is 35.5 Å². The maximum absolute atomic E-state index is 14.1. The standard InChI is InChI=1S/C29H35BrN2O7S/c1-4-38-24(33)15-18-13-19(14-18)32-27(34)25-17(2)26(30)40-28(25)31(29(32)35)16-23(39-20-9-11-37-12-10-20)21-7-5-6-8-22(21)36-3/h5-8,18-20,23H,4,9-16H2,1-3H3/t18?,19?,23-/m1/s1. The fourth-order valence-corrected chi connectivity index (χ4v) is 7.40. The zero-order valence-electron chi connectivity index (χ0n) is 23.0. The molecule has 5 rings (SSSR count). The predicted molar refractivity (Wildman–Crippen MR) is 156 cm³/mol. The van der Waals surface area contributed by atoms with Crippen LogP contribution in [0, 0.1) is 12.8 Å². The summed E-state index contributed by atoms with van der Waals surface area (Å²) in [6, 6.07) is 7.42. The molecule has 0 unspecified atom stereocenters. The van der Waals surface area contributed by atoms with Crippen molar-refractivity contribution in [2.45, 2.75) is 70.7 Å². The molecule has 9 nitrogen and oxygen atoms in total. The Bertz CT molecular complexity index is 1480. The Morgan fingerprint density at radius 2 is 1.93 bits per heavy atom. The first-order chi connectivity index (χ1) is 19.3. The molecule has 0 radical (unpaired) electrons. The monoisotopic (exact) mass is 634 g/mol. The van der Waals surface area contributed by atoms with Gasteiger partial charge < -0.3 is 18.9 Å². The van der Waals surface area contributed by atoms with Crippen molar-refractivity contribution >= 4 is 43.5 Å². The van der Waals surface area contributed by atoms with Crippen LogP contribution < -0.4 is 16.0 Å². The second kappa shape index (κ2) is 12.6. The molecular formula is C29H35BrN2O7S. The lowest BCUT2D eigenvalue weighted by atomic mass is 9.78. The number of methoxy groups -OCH3 is 1. The smallest absolute Gasteiger partial charge is 0.332 e. The fraction of sp³-hybridized carbons (Fsp3) is 0.552. The predicted octanol–water partition coefficient (Wildman–Crippen LogP) is 5.15. The van der Waals surface area contributed by atoms with Gasteiger partial charge in [0.25, 0.3) is 5.56 Å². The number of ether oxygens (including phenoxy) is 4. The average molecular weight is 636 g/mol. The van der Waals surface area contributed by atoms with Crippen LogP contribution in [0.1, 0.15) is 62.3 Å². The summed E-state index contributed by atoms with van der Waals surface area (Å²) < 4.78 is 26.8. The van der Waals surface area contributed by atoms with E-state index in [0.29, 0.717) is 55.0 Å². The van der Waals surface area contributed by atoms with Crippen molar-refractivity contribution in [3.8, 4) is 5.75 Å². The third-order valence-electron chi connectivity index (χ3n) is 7.88. The highest BCUT2D eigenvalue weighted by atomic mass is 79.9. The number of fused-ring (bicyclic) bond motifs is 1. The normalized spacial score (nSPS) is 20.3. The van der Waals surface area contributed by atoms with Crippen LogP contribution in [-0.4, -0.2) is 48.1 Å². The summed E-state index contributed by atoms with van der Waals surface area (Å²) in [4.78, 5) is 40.5. The number of aromatic nitrogens is 2. The minimum absolute atomic E-state index is 0.0205. The highest BCUT2D eigenvalue weighted by molar-refractivity contribution is 9.11. The molecule has 0 amide bonds. The molecule has 3 heterocycles. The largest absolute Gasteiger partial charge is 0.496 e. The van der Waals surface area contributed by atoms with Crippen molar-refractivity contribution in [1.29, 1.82) is 0 Å². The lowest BCUT2D eigenvalue weighted by Crippen LogP contribution is -2.46. The summed E-state index contributed by atoms with van der Waals surface area (Å²) in [6.45, 7) is 5.49. The van der Waals surface area contributed by atoms with E-state index in [0.717, 1.165) is 27.8 Å². The molecule has 2 fully saturated rings. The zero-order chi connectivity index (χ0) is 28.4.